The summed E-state index contributed by atoms with van der Waals surface area (Å²) in [5.74, 6) is 0.0489. The van der Waals surface area contributed by atoms with Crippen LogP contribution in [-0.4, -0.2) is 30.5 Å². The maximum atomic E-state index is 14.0. The van der Waals surface area contributed by atoms with E-state index < -0.39 is 10.0 Å². The molecule has 0 fully saturated rings. The number of ether oxygens (including phenoxy) is 1. The number of halogens is 1. The van der Waals surface area contributed by atoms with Gasteiger partial charge in [-0.1, -0.05) is 24.3 Å². The van der Waals surface area contributed by atoms with Crippen molar-refractivity contribution >= 4 is 32.3 Å². The molecule has 0 saturated carbocycles. The number of hydrogen-bond acceptors (Lipinski definition) is 6. The van der Waals surface area contributed by atoms with E-state index in [4.69, 9.17) is 4.74 Å². The second-order valence-electron chi connectivity index (χ2n) is 7.62. The molecule has 9 heteroatoms. The van der Waals surface area contributed by atoms with Gasteiger partial charge in [0.25, 0.3) is 10.0 Å². The van der Waals surface area contributed by atoms with Crippen LogP contribution in [0.2, 0.25) is 0 Å². The number of aromatic nitrogens is 3. The topological polar surface area (TPSA) is 85.3 Å². The number of rotatable bonds is 6. The van der Waals surface area contributed by atoms with Crippen LogP contribution in [0.1, 0.15) is 0 Å². The van der Waals surface area contributed by atoms with Crippen LogP contribution in [0.4, 0.5) is 15.9 Å². The van der Waals surface area contributed by atoms with Crippen molar-refractivity contribution in [3.05, 3.63) is 104 Å². The molecule has 0 aliphatic carbocycles. The van der Waals surface area contributed by atoms with E-state index in [0.29, 0.717) is 11.1 Å². The second-order valence-corrected chi connectivity index (χ2v) is 9.41. The SMILES string of the molecule is COc1cc(-c2cccc(F)c2)ccc1N(c1ccncn1)S(=O)(=O)c1ccc2cnccc2c1. The molecule has 35 heavy (non-hydrogen) atoms. The molecule has 2 heterocycles. The Hall–Kier alpha value is -4.37. The molecule has 174 valence electrons. The molecular weight excluding hydrogens is 467 g/mol. The van der Waals surface area contributed by atoms with Gasteiger partial charge in [0, 0.05) is 30.0 Å². The lowest BCUT2D eigenvalue weighted by Crippen LogP contribution is -2.27. The fourth-order valence-corrected chi connectivity index (χ4v) is 5.29. The molecule has 3 aromatic carbocycles. The zero-order valence-corrected chi connectivity index (χ0v) is 19.4. The predicted molar refractivity (Wildman–Crippen MR) is 131 cm³/mol. The van der Waals surface area contributed by atoms with Gasteiger partial charge >= 0.3 is 0 Å². The Bertz CT molecular complexity index is 1630. The third-order valence-electron chi connectivity index (χ3n) is 5.48. The fourth-order valence-electron chi connectivity index (χ4n) is 3.80. The van der Waals surface area contributed by atoms with Gasteiger partial charge < -0.3 is 4.74 Å². The first-order chi connectivity index (χ1) is 17.0. The van der Waals surface area contributed by atoms with Gasteiger partial charge in [-0.3, -0.25) is 4.98 Å². The van der Waals surface area contributed by atoms with Gasteiger partial charge in [0.2, 0.25) is 0 Å². The summed E-state index contributed by atoms with van der Waals surface area (Å²) in [6.45, 7) is 0. The van der Waals surface area contributed by atoms with Gasteiger partial charge in [-0.05, 0) is 59.0 Å². The van der Waals surface area contributed by atoms with E-state index in [1.165, 1.54) is 43.9 Å². The molecule has 5 rings (SSSR count). The van der Waals surface area contributed by atoms with Crippen LogP contribution < -0.4 is 9.04 Å². The summed E-state index contributed by atoms with van der Waals surface area (Å²) in [4.78, 5) is 12.3. The van der Waals surface area contributed by atoms with Crippen LogP contribution in [0.25, 0.3) is 21.9 Å². The average Bonchev–Trinajstić information content (AvgIpc) is 2.89. The molecule has 7 nitrogen and oxygen atoms in total. The summed E-state index contributed by atoms with van der Waals surface area (Å²) in [6.07, 6.45) is 6.01. The molecule has 0 aliphatic heterocycles. The van der Waals surface area contributed by atoms with E-state index >= 15 is 0 Å². The Balaban J connectivity index is 1.69. The Morgan fingerprint density at radius 2 is 1.69 bits per heavy atom. The quantitative estimate of drug-likeness (QED) is 0.321. The van der Waals surface area contributed by atoms with Crippen molar-refractivity contribution in [3.63, 3.8) is 0 Å². The van der Waals surface area contributed by atoms with Gasteiger partial charge in [-0.25, -0.2) is 27.1 Å². The monoisotopic (exact) mass is 486 g/mol. The molecule has 0 bridgehead atoms. The molecule has 0 aliphatic rings. The van der Waals surface area contributed by atoms with Crippen molar-refractivity contribution in [2.24, 2.45) is 0 Å². The molecule has 0 N–H and O–H groups in total. The summed E-state index contributed by atoms with van der Waals surface area (Å²) in [7, 11) is -2.69. The van der Waals surface area contributed by atoms with Crippen molar-refractivity contribution < 1.29 is 17.5 Å². The zero-order chi connectivity index (χ0) is 24.4. The first-order valence-electron chi connectivity index (χ1n) is 10.6. The predicted octanol–water partition coefficient (Wildman–Crippen LogP) is 5.37. The highest BCUT2D eigenvalue weighted by molar-refractivity contribution is 7.93. The van der Waals surface area contributed by atoms with Gasteiger partial charge in [0.1, 0.15) is 23.6 Å². The van der Waals surface area contributed by atoms with Crippen molar-refractivity contribution in [1.82, 2.24) is 15.0 Å². The first kappa shape index (κ1) is 22.4. The summed E-state index contributed by atoms with van der Waals surface area (Å²) in [5, 5.41) is 1.55. The molecule has 0 unspecified atom stereocenters. The third kappa shape index (κ3) is 4.29. The van der Waals surface area contributed by atoms with Crippen LogP contribution in [0, 0.1) is 5.82 Å². The minimum Gasteiger partial charge on any atom is -0.495 e. The van der Waals surface area contributed by atoms with Crippen LogP contribution in [0.15, 0.2) is 103 Å². The number of sulfonamides is 1. The van der Waals surface area contributed by atoms with Gasteiger partial charge in [-0.2, -0.15) is 0 Å². The second kappa shape index (κ2) is 9.11. The Labute approximate surface area is 201 Å². The summed E-state index contributed by atoms with van der Waals surface area (Å²) in [5.41, 5.74) is 1.55. The normalized spacial score (nSPS) is 11.4. The molecule has 2 aromatic heterocycles. The minimum absolute atomic E-state index is 0.0751. The van der Waals surface area contributed by atoms with Crippen LogP contribution in [-0.2, 0) is 10.0 Å². The van der Waals surface area contributed by atoms with Gasteiger partial charge in [0.05, 0.1) is 12.0 Å². The molecule has 0 radical (unpaired) electrons. The molecular formula is C26H19FN4O3S. The number of hydrogen-bond donors (Lipinski definition) is 0. The highest BCUT2D eigenvalue weighted by Gasteiger charge is 2.30. The van der Waals surface area contributed by atoms with Gasteiger partial charge in [-0.15, -0.1) is 0 Å². The van der Waals surface area contributed by atoms with Crippen LogP contribution >= 0.6 is 0 Å². The van der Waals surface area contributed by atoms with E-state index in [1.54, 1.807) is 60.9 Å². The van der Waals surface area contributed by atoms with Crippen molar-refractivity contribution in [3.8, 4) is 16.9 Å². The van der Waals surface area contributed by atoms with Crippen LogP contribution in [0.5, 0.6) is 5.75 Å². The number of pyridine rings is 1. The minimum atomic E-state index is -4.13. The summed E-state index contributed by atoms with van der Waals surface area (Å²) < 4.78 is 48.5. The molecule has 0 atom stereocenters. The van der Waals surface area contributed by atoms with Gasteiger partial charge in [0.15, 0.2) is 5.82 Å². The maximum Gasteiger partial charge on any atom is 0.270 e. The number of nitrogens with zero attached hydrogens (tertiary/aromatic N) is 4. The smallest absolute Gasteiger partial charge is 0.270 e. The third-order valence-corrected chi connectivity index (χ3v) is 7.20. The first-order valence-corrected chi connectivity index (χ1v) is 12.0. The van der Waals surface area contributed by atoms with E-state index in [9.17, 15) is 12.8 Å². The largest absolute Gasteiger partial charge is 0.495 e. The average molecular weight is 487 g/mol. The number of methoxy groups -OCH3 is 1. The summed E-state index contributed by atoms with van der Waals surface area (Å²) >= 11 is 0. The number of benzene rings is 3. The van der Waals surface area contributed by atoms with E-state index in [-0.39, 0.29) is 28.0 Å². The van der Waals surface area contributed by atoms with Crippen molar-refractivity contribution in [2.75, 3.05) is 11.4 Å². The lowest BCUT2D eigenvalue weighted by Gasteiger charge is -2.25. The highest BCUT2D eigenvalue weighted by atomic mass is 32.2. The van der Waals surface area contributed by atoms with E-state index in [2.05, 4.69) is 15.0 Å². The Morgan fingerprint density at radius 3 is 2.46 bits per heavy atom. The Kier molecular flexibility index (Phi) is 5.84. The lowest BCUT2D eigenvalue weighted by molar-refractivity contribution is 0.416. The fraction of sp³-hybridized carbons (Fsp3) is 0.0385. The van der Waals surface area contributed by atoms with Crippen molar-refractivity contribution in [1.29, 1.82) is 0 Å². The number of anilines is 2. The van der Waals surface area contributed by atoms with Crippen molar-refractivity contribution in [2.45, 2.75) is 4.90 Å². The van der Waals surface area contributed by atoms with Crippen LogP contribution in [0.3, 0.4) is 0 Å². The number of fused-ring (bicyclic) bond motifs is 1. The molecule has 0 saturated heterocycles. The van der Waals surface area contributed by atoms with E-state index in [1.807, 2.05) is 0 Å². The molecule has 0 amide bonds. The molecule has 0 spiro atoms. The molecule has 5 aromatic rings. The standard InChI is InChI=1S/C26H19FN4O3S/c1-34-25-15-19(18-3-2-4-22(27)13-18)6-8-24(25)31(26-10-12-29-17-30-26)35(32,33)23-7-5-21-16-28-11-9-20(21)14-23/h2-17H,1H3. The highest BCUT2D eigenvalue weighted by Crippen LogP contribution is 2.40. The van der Waals surface area contributed by atoms with E-state index in [0.717, 1.165) is 15.1 Å². The maximum absolute atomic E-state index is 14.0. The summed E-state index contributed by atoms with van der Waals surface area (Å²) in [6, 6.07) is 19.2. The Morgan fingerprint density at radius 1 is 0.857 bits per heavy atom. The lowest BCUT2D eigenvalue weighted by atomic mass is 10.0. The zero-order valence-electron chi connectivity index (χ0n) is 18.5.